The van der Waals surface area contributed by atoms with Crippen molar-refractivity contribution in [2.24, 2.45) is 0 Å². The molecule has 0 fully saturated rings. The minimum absolute atomic E-state index is 0.114. The summed E-state index contributed by atoms with van der Waals surface area (Å²) in [6, 6.07) is 14.6. The lowest BCUT2D eigenvalue weighted by molar-refractivity contribution is -0.137. The molecule has 0 saturated carbocycles. The number of anilines is 2. The van der Waals surface area contributed by atoms with Crippen molar-refractivity contribution in [3.05, 3.63) is 94.8 Å². The van der Waals surface area contributed by atoms with Gasteiger partial charge >= 0.3 is 12.2 Å². The van der Waals surface area contributed by atoms with E-state index in [1.165, 1.54) is 18.2 Å². The molecule has 0 aliphatic heterocycles. The second-order valence-electron chi connectivity index (χ2n) is 7.34. The highest BCUT2D eigenvalue weighted by Crippen LogP contribution is 2.35. The second kappa shape index (κ2) is 9.64. The number of nitrogens with one attached hydrogen (secondary N) is 2. The minimum atomic E-state index is -4.74. The molecule has 32 heavy (non-hydrogen) atoms. The van der Waals surface area contributed by atoms with Gasteiger partial charge in [0.1, 0.15) is 11.6 Å². The average Bonchev–Trinajstić information content (AvgIpc) is 2.70. The maximum atomic E-state index is 13.6. The topological polar surface area (TPSA) is 58.2 Å². The van der Waals surface area contributed by atoms with Crippen LogP contribution >= 0.6 is 0 Å². The van der Waals surface area contributed by atoms with Crippen molar-refractivity contribution >= 4 is 23.2 Å². The van der Waals surface area contributed by atoms with Crippen molar-refractivity contribution in [1.29, 1.82) is 0 Å². The first kappa shape index (κ1) is 23.0. The Bertz CT molecular complexity index is 1130. The molecular formula is C24H20F4N2O2. The van der Waals surface area contributed by atoms with Crippen LogP contribution in [0.3, 0.4) is 0 Å². The van der Waals surface area contributed by atoms with Crippen molar-refractivity contribution < 1.29 is 27.2 Å². The first-order valence-electron chi connectivity index (χ1n) is 9.71. The molecular weight excluding hydrogens is 424 g/mol. The molecule has 0 heterocycles. The zero-order valence-corrected chi connectivity index (χ0v) is 17.1. The molecule has 0 bridgehead atoms. The third-order valence-corrected chi connectivity index (χ3v) is 4.62. The van der Waals surface area contributed by atoms with Crippen LogP contribution in [-0.4, -0.2) is 11.8 Å². The summed E-state index contributed by atoms with van der Waals surface area (Å²) < 4.78 is 53.7. The number of Topliss-reactive ketones (excluding diaryl/α,β-unsaturated/α-hetero) is 1. The number of amides is 2. The van der Waals surface area contributed by atoms with Gasteiger partial charge in [0.2, 0.25) is 0 Å². The molecule has 0 radical (unpaired) electrons. The van der Waals surface area contributed by atoms with Gasteiger partial charge in [-0.05, 0) is 54.4 Å². The minimum Gasteiger partial charge on any atom is -0.308 e. The van der Waals surface area contributed by atoms with Gasteiger partial charge < -0.3 is 10.6 Å². The number of rotatable bonds is 6. The molecule has 0 spiro atoms. The van der Waals surface area contributed by atoms with Crippen LogP contribution in [0.25, 0.3) is 0 Å². The summed E-state index contributed by atoms with van der Waals surface area (Å²) in [5, 5.41) is 4.49. The van der Waals surface area contributed by atoms with E-state index in [1.54, 1.807) is 6.07 Å². The summed E-state index contributed by atoms with van der Waals surface area (Å²) in [7, 11) is 0. The molecule has 166 valence electrons. The molecule has 3 aromatic rings. The Morgan fingerprint density at radius 1 is 0.844 bits per heavy atom. The SMILES string of the molecule is Cc1cccc(CC(=O)Cc2ccc(NC(=O)Nc3ccc(F)cc3)c(C(F)(F)F)c2)c1. The van der Waals surface area contributed by atoms with Crippen LogP contribution < -0.4 is 10.6 Å². The summed E-state index contributed by atoms with van der Waals surface area (Å²) in [4.78, 5) is 24.5. The number of carbonyl (C=O) groups excluding carboxylic acids is 2. The number of hydrogen-bond donors (Lipinski definition) is 2. The van der Waals surface area contributed by atoms with Crippen LogP contribution in [0.15, 0.2) is 66.7 Å². The molecule has 2 N–H and O–H groups in total. The lowest BCUT2D eigenvalue weighted by Crippen LogP contribution is -2.22. The van der Waals surface area contributed by atoms with E-state index in [1.807, 2.05) is 25.1 Å². The van der Waals surface area contributed by atoms with Crippen LogP contribution in [0.2, 0.25) is 0 Å². The summed E-state index contributed by atoms with van der Waals surface area (Å²) in [5.74, 6) is -0.735. The van der Waals surface area contributed by atoms with Gasteiger partial charge in [-0.1, -0.05) is 35.9 Å². The Labute approximate surface area is 182 Å². The highest BCUT2D eigenvalue weighted by molar-refractivity contribution is 6.00. The van der Waals surface area contributed by atoms with Crippen molar-refractivity contribution in [1.82, 2.24) is 0 Å². The number of alkyl halides is 3. The number of halogens is 4. The highest BCUT2D eigenvalue weighted by atomic mass is 19.4. The van der Waals surface area contributed by atoms with Gasteiger partial charge in [-0.25, -0.2) is 9.18 Å². The van der Waals surface area contributed by atoms with Crippen molar-refractivity contribution in [3.63, 3.8) is 0 Å². The van der Waals surface area contributed by atoms with Crippen LogP contribution in [0.5, 0.6) is 0 Å². The number of carbonyl (C=O) groups is 2. The number of ketones is 1. The van der Waals surface area contributed by atoms with E-state index in [0.717, 1.165) is 35.4 Å². The zero-order chi connectivity index (χ0) is 23.3. The fraction of sp³-hybridized carbons (Fsp3) is 0.167. The van der Waals surface area contributed by atoms with E-state index in [9.17, 15) is 27.2 Å². The zero-order valence-electron chi connectivity index (χ0n) is 17.1. The Morgan fingerprint density at radius 3 is 2.12 bits per heavy atom. The molecule has 2 amide bonds. The Kier molecular flexibility index (Phi) is 6.92. The van der Waals surface area contributed by atoms with Crippen LogP contribution in [0, 0.1) is 12.7 Å². The van der Waals surface area contributed by atoms with Gasteiger partial charge in [0.05, 0.1) is 11.3 Å². The summed E-state index contributed by atoms with van der Waals surface area (Å²) in [5.41, 5.74) is 0.681. The number of hydrogen-bond acceptors (Lipinski definition) is 2. The first-order chi connectivity index (χ1) is 15.1. The summed E-state index contributed by atoms with van der Waals surface area (Å²) in [6.07, 6.45) is -4.80. The molecule has 0 unspecified atom stereocenters. The summed E-state index contributed by atoms with van der Waals surface area (Å²) >= 11 is 0. The third-order valence-electron chi connectivity index (χ3n) is 4.62. The number of benzene rings is 3. The van der Waals surface area contributed by atoms with Crippen LogP contribution in [0.4, 0.5) is 33.7 Å². The first-order valence-corrected chi connectivity index (χ1v) is 9.71. The Hall–Kier alpha value is -3.68. The number of urea groups is 1. The maximum absolute atomic E-state index is 13.6. The van der Waals surface area contributed by atoms with Crippen LogP contribution in [0.1, 0.15) is 22.3 Å². The predicted octanol–water partition coefficient (Wildman–Crippen LogP) is 6.15. The largest absolute Gasteiger partial charge is 0.418 e. The molecule has 0 aliphatic rings. The monoisotopic (exact) mass is 444 g/mol. The Balaban J connectivity index is 1.73. The molecule has 3 rings (SSSR count). The van der Waals surface area contributed by atoms with Gasteiger partial charge in [-0.15, -0.1) is 0 Å². The molecule has 0 saturated heterocycles. The molecule has 4 nitrogen and oxygen atoms in total. The van der Waals surface area contributed by atoms with Crippen molar-refractivity contribution in [3.8, 4) is 0 Å². The van der Waals surface area contributed by atoms with Crippen molar-refractivity contribution in [2.75, 3.05) is 10.6 Å². The molecule has 0 atom stereocenters. The van der Waals surface area contributed by atoms with E-state index < -0.39 is 29.3 Å². The van der Waals surface area contributed by atoms with Crippen molar-refractivity contribution in [2.45, 2.75) is 25.9 Å². The van der Waals surface area contributed by atoms with Gasteiger partial charge in [-0.3, -0.25) is 4.79 Å². The molecule has 8 heteroatoms. The lowest BCUT2D eigenvalue weighted by Gasteiger charge is -2.16. The molecule has 3 aromatic carbocycles. The van der Waals surface area contributed by atoms with Gasteiger partial charge in [-0.2, -0.15) is 13.2 Å². The highest BCUT2D eigenvalue weighted by Gasteiger charge is 2.34. The van der Waals surface area contributed by atoms with Gasteiger partial charge in [0.25, 0.3) is 0 Å². The fourth-order valence-corrected chi connectivity index (χ4v) is 3.20. The van der Waals surface area contributed by atoms with Gasteiger partial charge in [0, 0.05) is 18.5 Å². The second-order valence-corrected chi connectivity index (χ2v) is 7.34. The molecule has 0 aromatic heterocycles. The predicted molar refractivity (Wildman–Crippen MR) is 114 cm³/mol. The standard InChI is InChI=1S/C24H20F4N2O2/c1-15-3-2-4-16(11-15)12-20(31)13-17-5-10-22(21(14-17)24(26,27)28)30-23(32)29-19-8-6-18(25)7-9-19/h2-11,14H,12-13H2,1H3,(H2,29,30,32). The number of aryl methyl sites for hydroxylation is 1. The smallest absolute Gasteiger partial charge is 0.308 e. The van der Waals surface area contributed by atoms with Crippen LogP contribution in [-0.2, 0) is 23.8 Å². The van der Waals surface area contributed by atoms with E-state index in [4.69, 9.17) is 0 Å². The van der Waals surface area contributed by atoms with E-state index >= 15 is 0 Å². The lowest BCUT2D eigenvalue weighted by atomic mass is 9.99. The van der Waals surface area contributed by atoms with Gasteiger partial charge in [0.15, 0.2) is 0 Å². The normalized spacial score (nSPS) is 11.2. The third kappa shape index (κ3) is 6.41. The molecule has 0 aliphatic carbocycles. The van der Waals surface area contributed by atoms with E-state index in [-0.39, 0.29) is 29.9 Å². The van der Waals surface area contributed by atoms with E-state index in [0.29, 0.717) is 0 Å². The average molecular weight is 444 g/mol. The summed E-state index contributed by atoms with van der Waals surface area (Å²) in [6.45, 7) is 1.89. The fourth-order valence-electron chi connectivity index (χ4n) is 3.20. The Morgan fingerprint density at radius 2 is 1.50 bits per heavy atom. The quantitative estimate of drug-likeness (QED) is 0.448. The maximum Gasteiger partial charge on any atom is 0.418 e. The van der Waals surface area contributed by atoms with E-state index in [2.05, 4.69) is 10.6 Å².